The van der Waals surface area contributed by atoms with E-state index in [-0.39, 0.29) is 25.7 Å². The number of rotatable bonds is 8. The zero-order chi connectivity index (χ0) is 16.5. The SMILES string of the molecule is N/C(COc1ccccc1)=N\OCCOc1c(Cl)cccc1Cl. The second-order valence-electron chi connectivity index (χ2n) is 4.42. The monoisotopic (exact) mass is 354 g/mol. The van der Waals surface area contributed by atoms with Crippen LogP contribution in [0.5, 0.6) is 11.5 Å². The van der Waals surface area contributed by atoms with Crippen LogP contribution in [0.3, 0.4) is 0 Å². The Morgan fingerprint density at radius 1 is 0.913 bits per heavy atom. The lowest BCUT2D eigenvalue weighted by atomic mass is 10.3. The van der Waals surface area contributed by atoms with Gasteiger partial charge in [0.1, 0.15) is 19.0 Å². The molecule has 0 atom stereocenters. The molecule has 0 saturated heterocycles. The van der Waals surface area contributed by atoms with Crippen LogP contribution in [0.2, 0.25) is 10.0 Å². The molecule has 0 radical (unpaired) electrons. The van der Waals surface area contributed by atoms with Crippen LogP contribution in [-0.4, -0.2) is 25.7 Å². The van der Waals surface area contributed by atoms with Crippen molar-refractivity contribution in [2.75, 3.05) is 19.8 Å². The molecule has 23 heavy (non-hydrogen) atoms. The normalized spacial score (nSPS) is 11.1. The third-order valence-corrected chi connectivity index (χ3v) is 3.25. The Bertz CT molecular complexity index is 631. The van der Waals surface area contributed by atoms with E-state index in [1.165, 1.54) is 0 Å². The molecule has 2 N–H and O–H groups in total. The van der Waals surface area contributed by atoms with Gasteiger partial charge in [0, 0.05) is 0 Å². The molecule has 0 aromatic heterocycles. The minimum absolute atomic E-state index is 0.140. The highest BCUT2D eigenvalue weighted by Crippen LogP contribution is 2.32. The van der Waals surface area contributed by atoms with E-state index in [9.17, 15) is 0 Å². The van der Waals surface area contributed by atoms with Gasteiger partial charge in [-0.3, -0.25) is 0 Å². The first-order valence-corrected chi connectivity index (χ1v) is 7.61. The number of benzene rings is 2. The van der Waals surface area contributed by atoms with Gasteiger partial charge in [-0.05, 0) is 24.3 Å². The van der Waals surface area contributed by atoms with Gasteiger partial charge in [0.2, 0.25) is 0 Å². The number of nitrogens with zero attached hydrogens (tertiary/aromatic N) is 1. The van der Waals surface area contributed by atoms with Gasteiger partial charge < -0.3 is 20.0 Å². The van der Waals surface area contributed by atoms with E-state index in [1.807, 2.05) is 30.3 Å². The highest BCUT2D eigenvalue weighted by atomic mass is 35.5. The van der Waals surface area contributed by atoms with E-state index < -0.39 is 0 Å². The van der Waals surface area contributed by atoms with Gasteiger partial charge in [0.25, 0.3) is 0 Å². The van der Waals surface area contributed by atoms with Crippen LogP contribution in [0.25, 0.3) is 0 Å². The van der Waals surface area contributed by atoms with E-state index in [0.29, 0.717) is 21.5 Å². The third kappa shape index (κ3) is 5.88. The van der Waals surface area contributed by atoms with Gasteiger partial charge >= 0.3 is 0 Å². The lowest BCUT2D eigenvalue weighted by Gasteiger charge is -2.09. The summed E-state index contributed by atoms with van der Waals surface area (Å²) in [5.41, 5.74) is 5.68. The minimum atomic E-state index is 0.140. The molecular formula is C16H16Cl2N2O3. The predicted molar refractivity (Wildman–Crippen MR) is 91.5 cm³/mol. The van der Waals surface area contributed by atoms with Crippen molar-refractivity contribution in [2.45, 2.75) is 0 Å². The number of hydrogen-bond acceptors (Lipinski definition) is 4. The second-order valence-corrected chi connectivity index (χ2v) is 5.23. The molecule has 0 saturated carbocycles. The van der Waals surface area contributed by atoms with Crippen molar-refractivity contribution < 1.29 is 14.3 Å². The molecule has 0 spiro atoms. The smallest absolute Gasteiger partial charge is 0.177 e. The van der Waals surface area contributed by atoms with E-state index in [2.05, 4.69) is 5.16 Å². The van der Waals surface area contributed by atoms with Crippen LogP contribution in [0.15, 0.2) is 53.7 Å². The fourth-order valence-corrected chi connectivity index (χ4v) is 2.14. The molecule has 122 valence electrons. The van der Waals surface area contributed by atoms with Crippen molar-refractivity contribution in [3.05, 3.63) is 58.6 Å². The Balaban J connectivity index is 1.68. The topological polar surface area (TPSA) is 66.1 Å². The summed E-state index contributed by atoms with van der Waals surface area (Å²) in [7, 11) is 0. The molecule has 0 aliphatic heterocycles. The van der Waals surface area contributed by atoms with E-state index in [0.717, 1.165) is 0 Å². The Labute approximate surface area is 144 Å². The molecule has 0 fully saturated rings. The van der Waals surface area contributed by atoms with Gasteiger partial charge in [-0.2, -0.15) is 0 Å². The van der Waals surface area contributed by atoms with Gasteiger partial charge in [0.05, 0.1) is 10.0 Å². The fourth-order valence-electron chi connectivity index (χ4n) is 1.63. The van der Waals surface area contributed by atoms with E-state index in [1.54, 1.807) is 18.2 Å². The Hall–Kier alpha value is -2.11. The van der Waals surface area contributed by atoms with Crippen molar-refractivity contribution in [1.29, 1.82) is 0 Å². The Morgan fingerprint density at radius 3 is 2.30 bits per heavy atom. The standard InChI is InChI=1S/C16H16Cl2N2O3/c17-13-7-4-8-14(18)16(13)21-9-10-23-20-15(19)11-22-12-5-2-1-3-6-12/h1-8H,9-11H2,(H2,19,20). The predicted octanol–water partition coefficient (Wildman–Crippen LogP) is 3.74. The van der Waals surface area contributed by atoms with Crippen LogP contribution >= 0.6 is 23.2 Å². The van der Waals surface area contributed by atoms with Gasteiger partial charge in [-0.25, -0.2) is 0 Å². The number of amidine groups is 1. The summed E-state index contributed by atoms with van der Waals surface area (Å²) < 4.78 is 10.9. The number of oxime groups is 1. The van der Waals surface area contributed by atoms with Crippen molar-refractivity contribution in [3.8, 4) is 11.5 Å². The second kappa shape index (κ2) is 9.12. The average molecular weight is 355 g/mol. The molecule has 0 heterocycles. The molecule has 5 nitrogen and oxygen atoms in total. The van der Waals surface area contributed by atoms with Crippen molar-refractivity contribution in [1.82, 2.24) is 0 Å². The molecule has 2 aromatic rings. The summed E-state index contributed by atoms with van der Waals surface area (Å²) >= 11 is 12.0. The number of nitrogens with two attached hydrogens (primary N) is 1. The number of para-hydroxylation sites is 2. The number of halogens is 2. The van der Waals surface area contributed by atoms with Crippen molar-refractivity contribution in [3.63, 3.8) is 0 Å². The maximum atomic E-state index is 5.98. The van der Waals surface area contributed by atoms with Gasteiger partial charge in [0.15, 0.2) is 18.2 Å². The highest BCUT2D eigenvalue weighted by Gasteiger charge is 2.06. The lowest BCUT2D eigenvalue weighted by molar-refractivity contribution is 0.105. The first-order valence-electron chi connectivity index (χ1n) is 6.86. The zero-order valence-electron chi connectivity index (χ0n) is 12.2. The third-order valence-electron chi connectivity index (χ3n) is 2.65. The average Bonchev–Trinajstić information content (AvgIpc) is 2.56. The van der Waals surface area contributed by atoms with Crippen molar-refractivity contribution >= 4 is 29.0 Å². The van der Waals surface area contributed by atoms with Gasteiger partial charge in [-0.1, -0.05) is 52.6 Å². The molecule has 0 amide bonds. The Kier molecular flexibility index (Phi) is 6.84. The van der Waals surface area contributed by atoms with Crippen LogP contribution in [-0.2, 0) is 4.84 Å². The molecule has 2 aromatic carbocycles. The molecule has 0 unspecified atom stereocenters. The Morgan fingerprint density at radius 2 is 1.61 bits per heavy atom. The molecular weight excluding hydrogens is 339 g/mol. The molecule has 0 aliphatic rings. The fraction of sp³-hybridized carbons (Fsp3) is 0.188. The largest absolute Gasteiger partial charge is 0.487 e. The summed E-state index contributed by atoms with van der Waals surface area (Å²) in [6, 6.07) is 14.4. The maximum Gasteiger partial charge on any atom is 0.177 e. The van der Waals surface area contributed by atoms with Crippen LogP contribution in [0.1, 0.15) is 0 Å². The van der Waals surface area contributed by atoms with E-state index >= 15 is 0 Å². The molecule has 0 bridgehead atoms. The van der Waals surface area contributed by atoms with Gasteiger partial charge in [-0.15, -0.1) is 0 Å². The number of hydrogen-bond donors (Lipinski definition) is 1. The lowest BCUT2D eigenvalue weighted by Crippen LogP contribution is -2.21. The highest BCUT2D eigenvalue weighted by molar-refractivity contribution is 6.37. The maximum absolute atomic E-state index is 5.98. The van der Waals surface area contributed by atoms with Crippen LogP contribution < -0.4 is 15.2 Å². The van der Waals surface area contributed by atoms with Crippen LogP contribution in [0.4, 0.5) is 0 Å². The molecule has 2 rings (SSSR count). The summed E-state index contributed by atoms with van der Waals surface area (Å²) in [4.78, 5) is 5.06. The summed E-state index contributed by atoms with van der Waals surface area (Å²) in [5.74, 6) is 1.36. The summed E-state index contributed by atoms with van der Waals surface area (Å²) in [5, 5.41) is 4.62. The zero-order valence-corrected chi connectivity index (χ0v) is 13.8. The number of ether oxygens (including phenoxy) is 2. The van der Waals surface area contributed by atoms with E-state index in [4.69, 9.17) is 43.2 Å². The molecule has 7 heteroatoms. The van der Waals surface area contributed by atoms with Crippen LogP contribution in [0, 0.1) is 0 Å². The summed E-state index contributed by atoms with van der Waals surface area (Å²) in [6.45, 7) is 0.578. The quantitative estimate of drug-likeness (QED) is 0.339. The summed E-state index contributed by atoms with van der Waals surface area (Å²) in [6.07, 6.45) is 0. The first kappa shape index (κ1) is 17.2. The van der Waals surface area contributed by atoms with Crippen molar-refractivity contribution in [2.24, 2.45) is 10.9 Å². The molecule has 0 aliphatic carbocycles. The first-order chi connectivity index (χ1) is 11.2. The minimum Gasteiger partial charge on any atom is -0.487 e.